The van der Waals surface area contributed by atoms with Crippen LogP contribution in [0, 0.1) is 6.92 Å². The van der Waals surface area contributed by atoms with Crippen LogP contribution in [-0.4, -0.2) is 17.5 Å². The van der Waals surface area contributed by atoms with Gasteiger partial charge < -0.3 is 10.1 Å². The molecule has 0 fully saturated rings. The Morgan fingerprint density at radius 1 is 1.07 bits per heavy atom. The molecule has 0 aliphatic heterocycles. The number of rotatable bonds is 8. The highest BCUT2D eigenvalue weighted by atomic mass is 16.5. The molecular weight excluding hydrogens is 372 g/mol. The lowest BCUT2D eigenvalue weighted by atomic mass is 10.0. The molecule has 3 rings (SSSR count). The van der Waals surface area contributed by atoms with E-state index < -0.39 is 0 Å². The zero-order chi connectivity index (χ0) is 21.5. The van der Waals surface area contributed by atoms with Crippen molar-refractivity contribution in [3.63, 3.8) is 0 Å². The summed E-state index contributed by atoms with van der Waals surface area (Å²) in [6.45, 7) is 10.1. The minimum Gasteiger partial charge on any atom is -0.489 e. The summed E-state index contributed by atoms with van der Waals surface area (Å²) in [5.41, 5.74) is 5.79. The molecule has 0 unspecified atom stereocenters. The fourth-order valence-electron chi connectivity index (χ4n) is 3.51. The van der Waals surface area contributed by atoms with Crippen molar-refractivity contribution < 1.29 is 9.53 Å². The number of nitrogens with zero attached hydrogens (tertiary/aromatic N) is 1. The molecule has 0 atom stereocenters. The number of aryl methyl sites for hydroxylation is 3. The van der Waals surface area contributed by atoms with Crippen molar-refractivity contribution in [3.05, 3.63) is 89.6 Å². The Balaban J connectivity index is 2.14. The van der Waals surface area contributed by atoms with Crippen LogP contribution in [0.15, 0.2) is 67.3 Å². The number of hydrogen-bond donors (Lipinski definition) is 1. The second-order valence-corrected chi connectivity index (χ2v) is 7.06. The molecule has 0 spiro atoms. The van der Waals surface area contributed by atoms with Crippen molar-refractivity contribution in [2.24, 2.45) is 0 Å². The summed E-state index contributed by atoms with van der Waals surface area (Å²) in [7, 11) is 0. The van der Waals surface area contributed by atoms with Crippen molar-refractivity contribution in [2.75, 3.05) is 11.9 Å². The van der Waals surface area contributed by atoms with E-state index in [0.29, 0.717) is 23.6 Å². The first-order valence-corrected chi connectivity index (χ1v) is 10.3. The number of benzene rings is 2. The molecule has 0 saturated carbocycles. The summed E-state index contributed by atoms with van der Waals surface area (Å²) in [4.78, 5) is 18.3. The number of amides is 1. The van der Waals surface area contributed by atoms with Crippen LogP contribution in [-0.2, 0) is 12.8 Å². The van der Waals surface area contributed by atoms with E-state index in [1.807, 2.05) is 43.3 Å². The Morgan fingerprint density at radius 2 is 1.73 bits per heavy atom. The van der Waals surface area contributed by atoms with Gasteiger partial charge in [0.2, 0.25) is 0 Å². The third kappa shape index (κ3) is 4.60. The maximum atomic E-state index is 13.6. The number of carbonyl (C=O) groups is 1. The predicted octanol–water partition coefficient (Wildman–Crippen LogP) is 6.00. The van der Waals surface area contributed by atoms with E-state index in [4.69, 9.17) is 9.72 Å². The zero-order valence-electron chi connectivity index (χ0n) is 17.9. The molecule has 30 heavy (non-hydrogen) atoms. The molecule has 3 aromatic rings. The van der Waals surface area contributed by atoms with Gasteiger partial charge in [-0.25, -0.2) is 0 Å². The molecular formula is C26H28N2O2. The maximum Gasteiger partial charge on any atom is 0.261 e. The topological polar surface area (TPSA) is 51.2 Å². The first kappa shape index (κ1) is 21.3. The average Bonchev–Trinajstić information content (AvgIpc) is 2.77. The smallest absolute Gasteiger partial charge is 0.261 e. The predicted molar refractivity (Wildman–Crippen MR) is 123 cm³/mol. The Kier molecular flexibility index (Phi) is 7.02. The van der Waals surface area contributed by atoms with Crippen LogP contribution < -0.4 is 10.1 Å². The second-order valence-electron chi connectivity index (χ2n) is 7.06. The summed E-state index contributed by atoms with van der Waals surface area (Å²) in [6, 6.07) is 17.7. The Morgan fingerprint density at radius 3 is 2.33 bits per heavy atom. The van der Waals surface area contributed by atoms with Gasteiger partial charge in [-0.05, 0) is 30.9 Å². The van der Waals surface area contributed by atoms with E-state index in [9.17, 15) is 4.79 Å². The van der Waals surface area contributed by atoms with Crippen LogP contribution in [0.2, 0.25) is 0 Å². The number of para-hydroxylation sites is 1. The number of pyridine rings is 1. The third-order valence-corrected chi connectivity index (χ3v) is 4.98. The summed E-state index contributed by atoms with van der Waals surface area (Å²) < 4.78 is 5.88. The first-order valence-electron chi connectivity index (χ1n) is 10.3. The molecule has 154 valence electrons. The lowest BCUT2D eigenvalue weighted by Crippen LogP contribution is -2.18. The third-order valence-electron chi connectivity index (χ3n) is 4.98. The standard InChI is InChI=1S/C26H28N2O2/c1-5-16-30-22-17-18(4)27-25(21-12-9-8-10-13-21)23(22)26(29)28-24-19(6-2)14-11-15-20(24)7-3/h5,8-15,17H,1,6-7,16H2,2-4H3,(H,28,29). The van der Waals surface area contributed by atoms with Crippen molar-refractivity contribution >= 4 is 11.6 Å². The minimum atomic E-state index is -0.226. The average molecular weight is 401 g/mol. The molecule has 2 aromatic carbocycles. The van der Waals surface area contributed by atoms with Crippen LogP contribution in [0.3, 0.4) is 0 Å². The highest BCUT2D eigenvalue weighted by Crippen LogP contribution is 2.32. The number of nitrogens with one attached hydrogen (secondary N) is 1. The second kappa shape index (κ2) is 9.88. The van der Waals surface area contributed by atoms with Gasteiger partial charge in [0.05, 0.1) is 5.69 Å². The van der Waals surface area contributed by atoms with Crippen LogP contribution >= 0.6 is 0 Å². The van der Waals surface area contributed by atoms with Crippen LogP contribution in [0.25, 0.3) is 11.3 Å². The van der Waals surface area contributed by atoms with Crippen LogP contribution in [0.4, 0.5) is 5.69 Å². The van der Waals surface area contributed by atoms with Gasteiger partial charge in [0.25, 0.3) is 5.91 Å². The van der Waals surface area contributed by atoms with E-state index >= 15 is 0 Å². The molecule has 1 heterocycles. The van der Waals surface area contributed by atoms with E-state index in [2.05, 4.69) is 37.9 Å². The molecule has 1 amide bonds. The summed E-state index contributed by atoms with van der Waals surface area (Å²) >= 11 is 0. The Bertz CT molecular complexity index is 1020. The summed E-state index contributed by atoms with van der Waals surface area (Å²) in [5, 5.41) is 3.16. The van der Waals surface area contributed by atoms with Gasteiger partial charge in [0.15, 0.2) is 0 Å². The molecule has 0 aliphatic carbocycles. The monoisotopic (exact) mass is 400 g/mol. The van der Waals surface area contributed by atoms with E-state index in [1.54, 1.807) is 12.1 Å². The minimum absolute atomic E-state index is 0.226. The van der Waals surface area contributed by atoms with Crippen molar-refractivity contribution in [1.82, 2.24) is 4.98 Å². The number of hydrogen-bond acceptors (Lipinski definition) is 3. The Labute approximate surface area is 178 Å². The van der Waals surface area contributed by atoms with Gasteiger partial charge in [-0.3, -0.25) is 9.78 Å². The molecule has 0 radical (unpaired) electrons. The van der Waals surface area contributed by atoms with Gasteiger partial charge in [0, 0.05) is 23.0 Å². The fourth-order valence-corrected chi connectivity index (χ4v) is 3.51. The molecule has 0 bridgehead atoms. The highest BCUT2D eigenvalue weighted by molar-refractivity contribution is 6.10. The summed E-state index contributed by atoms with van der Waals surface area (Å²) in [5.74, 6) is 0.279. The number of carbonyl (C=O) groups excluding carboxylic acids is 1. The maximum absolute atomic E-state index is 13.6. The van der Waals surface area contributed by atoms with E-state index in [0.717, 1.165) is 40.9 Å². The largest absolute Gasteiger partial charge is 0.489 e. The number of anilines is 1. The van der Waals surface area contributed by atoms with Crippen molar-refractivity contribution in [2.45, 2.75) is 33.6 Å². The molecule has 1 N–H and O–H groups in total. The lowest BCUT2D eigenvalue weighted by molar-refractivity contribution is 0.102. The van der Waals surface area contributed by atoms with Gasteiger partial charge in [0.1, 0.15) is 17.9 Å². The molecule has 0 saturated heterocycles. The lowest BCUT2D eigenvalue weighted by Gasteiger charge is -2.18. The quantitative estimate of drug-likeness (QED) is 0.472. The van der Waals surface area contributed by atoms with Crippen LogP contribution in [0.1, 0.15) is 41.0 Å². The molecule has 4 heteroatoms. The number of ether oxygens (including phenoxy) is 1. The van der Waals surface area contributed by atoms with Crippen molar-refractivity contribution in [3.8, 4) is 17.0 Å². The highest BCUT2D eigenvalue weighted by Gasteiger charge is 2.22. The SMILES string of the molecule is C=CCOc1cc(C)nc(-c2ccccc2)c1C(=O)Nc1c(CC)cccc1CC. The molecule has 0 aliphatic rings. The zero-order valence-corrected chi connectivity index (χ0v) is 17.9. The van der Waals surface area contributed by atoms with E-state index in [-0.39, 0.29) is 5.91 Å². The molecule has 4 nitrogen and oxygen atoms in total. The van der Waals surface area contributed by atoms with Crippen molar-refractivity contribution in [1.29, 1.82) is 0 Å². The van der Waals surface area contributed by atoms with Gasteiger partial charge in [-0.2, -0.15) is 0 Å². The van der Waals surface area contributed by atoms with Crippen LogP contribution in [0.5, 0.6) is 5.75 Å². The van der Waals surface area contributed by atoms with Gasteiger partial charge in [-0.1, -0.05) is 75.0 Å². The van der Waals surface area contributed by atoms with Gasteiger partial charge >= 0.3 is 0 Å². The normalized spacial score (nSPS) is 10.5. The molecule has 1 aromatic heterocycles. The van der Waals surface area contributed by atoms with E-state index in [1.165, 1.54) is 0 Å². The first-order chi connectivity index (χ1) is 14.6. The fraction of sp³-hybridized carbons (Fsp3) is 0.231. The number of aromatic nitrogens is 1. The Hall–Kier alpha value is -3.40. The summed E-state index contributed by atoms with van der Waals surface area (Å²) in [6.07, 6.45) is 3.34. The van der Waals surface area contributed by atoms with Gasteiger partial charge in [-0.15, -0.1) is 0 Å².